The highest BCUT2D eigenvalue weighted by Crippen LogP contribution is 2.24. The van der Waals surface area contributed by atoms with Gasteiger partial charge in [-0.05, 0) is 170 Å². The summed E-state index contributed by atoms with van der Waals surface area (Å²) in [6.45, 7) is 0. The van der Waals surface area contributed by atoms with E-state index in [4.69, 9.17) is 19.9 Å². The minimum Gasteiger partial charge on any atom is -0.355 e. The lowest BCUT2D eigenvalue weighted by Crippen LogP contribution is -1.88. The van der Waals surface area contributed by atoms with Gasteiger partial charge in [0.25, 0.3) is 0 Å². The number of fused-ring (bicyclic) bond motifs is 16. The van der Waals surface area contributed by atoms with Crippen LogP contribution in [0, 0.1) is 0 Å². The Morgan fingerprint density at radius 1 is 0.308 bits per heavy atom. The summed E-state index contributed by atoms with van der Waals surface area (Å²) in [7, 11) is 0. The molecule has 8 nitrogen and oxygen atoms in total. The minimum atomic E-state index is 0.901. The normalized spacial score (nSPS) is 13.0. The number of unbranched alkanes of at least 4 members (excludes halogenated alkanes) is 1. The standard InChI is InChI=1S/C44H34N8/c1(3-27-17-41-23-37-11-9-33(47-37)19-29-5-7-31(45-29)21-35-13-15-39(49-35)25-43(27)51-41)2-4-28-18-42-24-38-12-10-34(48-38)20-30-6-8-32(46-30)22-36-14-16-40(50-36)26-44(28)52-42/h5-26,45,48,51-52H,1-4H2. The summed E-state index contributed by atoms with van der Waals surface area (Å²) in [6.07, 6.45) is 20.4. The molecule has 0 atom stereocenters. The first-order valence-corrected chi connectivity index (χ1v) is 17.7. The fourth-order valence-electron chi connectivity index (χ4n) is 7.20. The van der Waals surface area contributed by atoms with E-state index < -0.39 is 0 Å². The lowest BCUT2D eigenvalue weighted by atomic mass is 10.0. The van der Waals surface area contributed by atoms with E-state index in [-0.39, 0.29) is 0 Å². The van der Waals surface area contributed by atoms with Gasteiger partial charge in [-0.25, -0.2) is 19.9 Å². The predicted molar refractivity (Wildman–Crippen MR) is 214 cm³/mol. The van der Waals surface area contributed by atoms with Crippen molar-refractivity contribution in [3.63, 3.8) is 0 Å². The molecule has 6 aromatic rings. The van der Waals surface area contributed by atoms with Gasteiger partial charge in [0.1, 0.15) is 0 Å². The molecule has 0 amide bonds. The first-order valence-electron chi connectivity index (χ1n) is 17.7. The fourth-order valence-corrected chi connectivity index (χ4v) is 7.20. The number of aromatic nitrogens is 8. The van der Waals surface area contributed by atoms with Gasteiger partial charge >= 0.3 is 0 Å². The van der Waals surface area contributed by atoms with Crippen LogP contribution < -0.4 is 0 Å². The monoisotopic (exact) mass is 674 g/mol. The number of hydrogen-bond acceptors (Lipinski definition) is 4. The Bertz CT molecular complexity index is 2870. The van der Waals surface area contributed by atoms with E-state index in [9.17, 15) is 0 Å². The second-order valence-corrected chi connectivity index (χ2v) is 13.6. The zero-order chi connectivity index (χ0) is 34.4. The third-order valence-corrected chi connectivity index (χ3v) is 9.65. The summed E-state index contributed by atoms with van der Waals surface area (Å²) in [5.74, 6) is 0. The molecular formula is C44H34N8. The largest absolute Gasteiger partial charge is 0.355 e. The van der Waals surface area contributed by atoms with Crippen LogP contribution in [0.15, 0.2) is 84.9 Å². The maximum atomic E-state index is 4.89. The Hall–Kier alpha value is -6.80. The molecule has 8 heteroatoms. The summed E-state index contributed by atoms with van der Waals surface area (Å²) in [5, 5.41) is 0. The van der Waals surface area contributed by atoms with Crippen LogP contribution in [0.1, 0.15) is 69.5 Å². The fraction of sp³-hybridized carbons (Fsp3) is 0.0909. The second kappa shape index (κ2) is 12.5. The lowest BCUT2D eigenvalue weighted by molar-refractivity contribution is 0.740. The summed E-state index contributed by atoms with van der Waals surface area (Å²) in [5.41, 5.74) is 18.3. The maximum Gasteiger partial charge on any atom is 0.0659 e. The Kier molecular flexibility index (Phi) is 7.23. The molecule has 0 unspecified atom stereocenters. The van der Waals surface area contributed by atoms with Crippen molar-refractivity contribution in [2.45, 2.75) is 25.7 Å². The quantitative estimate of drug-likeness (QED) is 0.136. The van der Waals surface area contributed by atoms with Crippen LogP contribution in [0.4, 0.5) is 0 Å². The molecule has 6 aromatic heterocycles. The summed E-state index contributed by atoms with van der Waals surface area (Å²) < 4.78 is 0. The highest BCUT2D eigenvalue weighted by molar-refractivity contribution is 5.80. The van der Waals surface area contributed by atoms with E-state index in [0.29, 0.717) is 0 Å². The van der Waals surface area contributed by atoms with Gasteiger partial charge in [0, 0.05) is 44.1 Å². The van der Waals surface area contributed by atoms with E-state index in [1.807, 2.05) is 24.3 Å². The Morgan fingerprint density at radius 2 is 0.635 bits per heavy atom. The zero-order valence-electron chi connectivity index (χ0n) is 28.3. The molecule has 0 saturated heterocycles. The zero-order valence-corrected chi connectivity index (χ0v) is 28.3. The van der Waals surface area contributed by atoms with Crippen LogP contribution in [0.3, 0.4) is 0 Å². The topological polar surface area (TPSA) is 115 Å². The van der Waals surface area contributed by atoms with Crippen molar-refractivity contribution in [3.8, 4) is 0 Å². The molecule has 0 saturated carbocycles. The van der Waals surface area contributed by atoms with Crippen LogP contribution in [0.2, 0.25) is 0 Å². The number of nitrogens with zero attached hydrogens (tertiary/aromatic N) is 4. The van der Waals surface area contributed by atoms with E-state index in [1.54, 1.807) is 0 Å². The molecule has 0 fully saturated rings. The third kappa shape index (κ3) is 6.33. The Labute approximate surface area is 299 Å². The van der Waals surface area contributed by atoms with Gasteiger partial charge in [0.15, 0.2) is 0 Å². The van der Waals surface area contributed by atoms with Gasteiger partial charge < -0.3 is 19.9 Å². The van der Waals surface area contributed by atoms with Crippen LogP contribution >= 0.6 is 0 Å². The summed E-state index contributed by atoms with van der Waals surface area (Å²) in [4.78, 5) is 33.6. The number of hydrogen-bond donors (Lipinski definition) is 4. The van der Waals surface area contributed by atoms with Crippen molar-refractivity contribution in [2.24, 2.45) is 0 Å². The SMILES string of the molecule is C1=Cc2cc3ccc(cc4cc(CCCCc5cc6cc7nc(cc8ccc(cc9nc(cc5[nH]6)C=C9)[nH]8)C=C7)c(cc5nc(cc1n2)C=C5)[nH]4)[nH]3. The van der Waals surface area contributed by atoms with E-state index in [1.165, 1.54) is 11.1 Å². The van der Waals surface area contributed by atoms with Crippen molar-refractivity contribution in [2.75, 3.05) is 0 Å². The molecule has 52 heavy (non-hydrogen) atoms. The number of aryl methyl sites for hydroxylation is 2. The molecular weight excluding hydrogens is 641 g/mol. The highest BCUT2D eigenvalue weighted by atomic mass is 14.8. The molecule has 0 spiro atoms. The van der Waals surface area contributed by atoms with Gasteiger partial charge in [-0.2, -0.15) is 0 Å². The molecule has 0 radical (unpaired) electrons. The first kappa shape index (κ1) is 30.1. The van der Waals surface area contributed by atoms with E-state index >= 15 is 0 Å². The van der Waals surface area contributed by atoms with Crippen molar-refractivity contribution in [3.05, 3.63) is 142 Å². The van der Waals surface area contributed by atoms with Gasteiger partial charge in [0.2, 0.25) is 0 Å². The minimum absolute atomic E-state index is 0.901. The third-order valence-electron chi connectivity index (χ3n) is 9.65. The highest BCUT2D eigenvalue weighted by Gasteiger charge is 2.09. The van der Waals surface area contributed by atoms with E-state index in [0.717, 1.165) is 115 Å². The number of H-pyrrole nitrogens is 4. The summed E-state index contributed by atoms with van der Waals surface area (Å²) >= 11 is 0. The summed E-state index contributed by atoms with van der Waals surface area (Å²) in [6, 6.07) is 29.7. The van der Waals surface area contributed by atoms with Crippen molar-refractivity contribution in [1.82, 2.24) is 39.9 Å². The van der Waals surface area contributed by atoms with Gasteiger partial charge in [-0.1, -0.05) is 0 Å². The smallest absolute Gasteiger partial charge is 0.0659 e. The predicted octanol–water partition coefficient (Wildman–Crippen LogP) is 10.2. The van der Waals surface area contributed by atoms with Crippen molar-refractivity contribution < 1.29 is 0 Å². The molecule has 4 aliphatic rings. The molecule has 10 rings (SSSR count). The molecule has 16 bridgehead atoms. The number of aromatic amines is 4. The molecule has 4 N–H and O–H groups in total. The van der Waals surface area contributed by atoms with Crippen LogP contribution in [-0.2, 0) is 12.8 Å². The maximum absolute atomic E-state index is 4.89. The molecule has 0 aliphatic carbocycles. The molecule has 10 heterocycles. The molecule has 250 valence electrons. The number of nitrogens with one attached hydrogen (secondary N) is 4. The number of rotatable bonds is 5. The van der Waals surface area contributed by atoms with Crippen LogP contribution in [-0.4, -0.2) is 39.9 Å². The van der Waals surface area contributed by atoms with Gasteiger partial charge in [0.05, 0.1) is 45.6 Å². The molecule has 0 aromatic carbocycles. The van der Waals surface area contributed by atoms with E-state index in [2.05, 4.69) is 129 Å². The average Bonchev–Trinajstić information content (AvgIpc) is 3.97. The van der Waals surface area contributed by atoms with Gasteiger partial charge in [-0.15, -0.1) is 0 Å². The first-order chi connectivity index (χ1) is 25.6. The average molecular weight is 675 g/mol. The van der Waals surface area contributed by atoms with Crippen LogP contribution in [0.25, 0.3) is 92.7 Å². The lowest BCUT2D eigenvalue weighted by Gasteiger charge is -2.01. The van der Waals surface area contributed by atoms with Crippen molar-refractivity contribution >= 4 is 92.7 Å². The van der Waals surface area contributed by atoms with Gasteiger partial charge in [-0.3, -0.25) is 0 Å². The second-order valence-electron chi connectivity index (χ2n) is 13.6. The van der Waals surface area contributed by atoms with Crippen LogP contribution in [0.5, 0.6) is 0 Å². The molecule has 4 aliphatic heterocycles. The Balaban J connectivity index is 0.971. The Morgan fingerprint density at radius 3 is 1.06 bits per heavy atom. The van der Waals surface area contributed by atoms with Crippen molar-refractivity contribution in [1.29, 1.82) is 0 Å².